The van der Waals surface area contributed by atoms with Gasteiger partial charge in [0.2, 0.25) is 0 Å². The molecule has 0 nitrogen and oxygen atoms in total. The summed E-state index contributed by atoms with van der Waals surface area (Å²) in [7, 11) is 0. The largest absolute Gasteiger partial charge is 0.154 e. The second-order valence-corrected chi connectivity index (χ2v) is 5.69. The van der Waals surface area contributed by atoms with Crippen molar-refractivity contribution in [1.82, 2.24) is 0 Å². The van der Waals surface area contributed by atoms with E-state index in [0.29, 0.717) is 0 Å². The molecule has 0 bridgehead atoms. The molecule has 0 aliphatic heterocycles. The molecule has 0 heterocycles. The summed E-state index contributed by atoms with van der Waals surface area (Å²) in [6.07, 6.45) is 4.45. The first-order chi connectivity index (χ1) is 5.27. The summed E-state index contributed by atoms with van der Waals surface area (Å²) >= 11 is 5.05. The second-order valence-electron chi connectivity index (χ2n) is 3.73. The molecule has 11 heavy (non-hydrogen) atoms. The molecule has 1 fully saturated rings. The molecule has 1 saturated carbocycles. The number of rotatable bonds is 4. The van der Waals surface area contributed by atoms with Crippen LogP contribution in [0.3, 0.4) is 0 Å². The van der Waals surface area contributed by atoms with Crippen molar-refractivity contribution in [2.24, 2.45) is 5.92 Å². The zero-order valence-corrected chi connectivity index (χ0v) is 11.3. The average molecular weight is 376 g/mol. The predicted octanol–water partition coefficient (Wildman–Crippen LogP) is 3.69. The molecule has 0 saturated heterocycles. The monoisotopic (exact) mass is 376 g/mol. The summed E-state index contributed by atoms with van der Waals surface area (Å²) < 4.78 is 2.72. The standard InChI is InChI=1S/C8H15BI2/c1-7-4-8(5-7)9(6-11)2-3-10/h7-8H,2-6H2,1H3. The minimum atomic E-state index is 1.03. The van der Waals surface area contributed by atoms with Crippen LogP contribution in [-0.2, 0) is 0 Å². The van der Waals surface area contributed by atoms with Crippen molar-refractivity contribution in [3.8, 4) is 0 Å². The highest BCUT2D eigenvalue weighted by molar-refractivity contribution is 14.1. The number of hydrogen-bond donors (Lipinski definition) is 0. The number of alkyl halides is 2. The van der Waals surface area contributed by atoms with Gasteiger partial charge in [0.15, 0.2) is 6.71 Å². The first kappa shape index (κ1) is 10.6. The maximum absolute atomic E-state index is 2.55. The van der Waals surface area contributed by atoms with Crippen molar-refractivity contribution in [3.63, 3.8) is 0 Å². The molecule has 0 aromatic carbocycles. The van der Waals surface area contributed by atoms with Crippen molar-refractivity contribution < 1.29 is 0 Å². The minimum absolute atomic E-state index is 1.03. The highest BCUT2D eigenvalue weighted by Crippen LogP contribution is 2.41. The lowest BCUT2D eigenvalue weighted by Crippen LogP contribution is -2.32. The highest BCUT2D eigenvalue weighted by atomic mass is 127. The van der Waals surface area contributed by atoms with Crippen LogP contribution in [0.15, 0.2) is 0 Å². The van der Waals surface area contributed by atoms with E-state index in [9.17, 15) is 0 Å². The van der Waals surface area contributed by atoms with Crippen LogP contribution >= 0.6 is 45.2 Å². The fourth-order valence-electron chi connectivity index (χ4n) is 1.93. The van der Waals surface area contributed by atoms with Crippen LogP contribution < -0.4 is 0 Å². The summed E-state index contributed by atoms with van der Waals surface area (Å²) in [5.74, 6) is 2.11. The van der Waals surface area contributed by atoms with Gasteiger partial charge in [-0.15, -0.1) is 0 Å². The van der Waals surface area contributed by atoms with Gasteiger partial charge in [0.05, 0.1) is 0 Å². The number of hydrogen-bond acceptors (Lipinski definition) is 0. The lowest BCUT2D eigenvalue weighted by Gasteiger charge is -2.36. The third-order valence-electron chi connectivity index (χ3n) is 2.75. The van der Waals surface area contributed by atoms with Gasteiger partial charge in [-0.05, 0) is 14.7 Å². The van der Waals surface area contributed by atoms with E-state index in [4.69, 9.17) is 0 Å². The van der Waals surface area contributed by atoms with Crippen molar-refractivity contribution in [3.05, 3.63) is 0 Å². The lowest BCUT2D eigenvalue weighted by atomic mass is 9.35. The Bertz CT molecular complexity index is 113. The van der Waals surface area contributed by atoms with Gasteiger partial charge in [-0.2, -0.15) is 0 Å². The Morgan fingerprint density at radius 1 is 1.36 bits per heavy atom. The van der Waals surface area contributed by atoms with E-state index in [0.717, 1.165) is 18.4 Å². The summed E-state index contributed by atoms with van der Waals surface area (Å²) in [5.41, 5.74) is 0. The molecule has 0 N–H and O–H groups in total. The molecule has 0 amide bonds. The second kappa shape index (κ2) is 5.30. The van der Waals surface area contributed by atoms with Crippen LogP contribution in [0.1, 0.15) is 19.8 Å². The predicted molar refractivity (Wildman–Crippen MR) is 70.5 cm³/mol. The molecule has 0 atom stereocenters. The van der Waals surface area contributed by atoms with E-state index in [1.807, 2.05) is 0 Å². The van der Waals surface area contributed by atoms with Gasteiger partial charge < -0.3 is 0 Å². The maximum atomic E-state index is 2.55. The summed E-state index contributed by atoms with van der Waals surface area (Å²) in [5, 5.41) is 0. The first-order valence-electron chi connectivity index (χ1n) is 4.39. The van der Waals surface area contributed by atoms with Gasteiger partial charge in [0.1, 0.15) is 0 Å². The van der Waals surface area contributed by atoms with Crippen LogP contribution in [0.2, 0.25) is 12.1 Å². The zero-order chi connectivity index (χ0) is 8.27. The summed E-state index contributed by atoms with van der Waals surface area (Å²) in [6.45, 7) is 3.41. The molecule has 64 valence electrons. The van der Waals surface area contributed by atoms with Gasteiger partial charge in [0, 0.05) is 0 Å². The lowest BCUT2D eigenvalue weighted by molar-refractivity contribution is 0.340. The Labute approximate surface area is 97.6 Å². The Morgan fingerprint density at radius 3 is 2.36 bits per heavy atom. The quantitative estimate of drug-likeness (QED) is 0.399. The van der Waals surface area contributed by atoms with Gasteiger partial charge >= 0.3 is 0 Å². The fraction of sp³-hybridized carbons (Fsp3) is 1.00. The Hall–Kier alpha value is 1.52. The van der Waals surface area contributed by atoms with Crippen LogP contribution in [0.25, 0.3) is 0 Å². The molecule has 1 aliphatic carbocycles. The van der Waals surface area contributed by atoms with E-state index < -0.39 is 0 Å². The van der Waals surface area contributed by atoms with Crippen molar-refractivity contribution in [2.75, 3.05) is 8.75 Å². The third kappa shape index (κ3) is 3.05. The zero-order valence-electron chi connectivity index (χ0n) is 7.02. The minimum Gasteiger partial charge on any atom is -0.0952 e. The summed E-state index contributed by atoms with van der Waals surface area (Å²) in [4.78, 5) is 0. The topological polar surface area (TPSA) is 0 Å². The van der Waals surface area contributed by atoms with E-state index >= 15 is 0 Å². The Kier molecular flexibility index (Phi) is 5.11. The van der Waals surface area contributed by atoms with Crippen LogP contribution in [0.4, 0.5) is 0 Å². The third-order valence-corrected chi connectivity index (χ3v) is 4.51. The smallest absolute Gasteiger partial charge is 0.0952 e. The van der Waals surface area contributed by atoms with Crippen molar-refractivity contribution >= 4 is 51.9 Å². The van der Waals surface area contributed by atoms with Gasteiger partial charge in [-0.1, -0.05) is 77.1 Å². The summed E-state index contributed by atoms with van der Waals surface area (Å²) in [6, 6.07) is 0. The molecule has 3 heteroatoms. The molecule has 0 unspecified atom stereocenters. The van der Waals surface area contributed by atoms with Crippen LogP contribution in [-0.4, -0.2) is 15.5 Å². The highest BCUT2D eigenvalue weighted by Gasteiger charge is 2.33. The van der Waals surface area contributed by atoms with Crippen LogP contribution in [0, 0.1) is 5.92 Å². The van der Waals surface area contributed by atoms with E-state index in [-0.39, 0.29) is 0 Å². The Morgan fingerprint density at radius 2 is 2.00 bits per heavy atom. The van der Waals surface area contributed by atoms with E-state index in [2.05, 4.69) is 52.1 Å². The van der Waals surface area contributed by atoms with Crippen LogP contribution in [0.5, 0.6) is 0 Å². The molecule has 0 spiro atoms. The number of halogens is 2. The molecular formula is C8H15BI2. The molecule has 0 aromatic heterocycles. The fourth-order valence-corrected chi connectivity index (χ4v) is 3.89. The van der Waals surface area contributed by atoms with Crippen molar-refractivity contribution in [1.29, 1.82) is 0 Å². The maximum Gasteiger partial charge on any atom is 0.154 e. The van der Waals surface area contributed by atoms with Crippen molar-refractivity contribution in [2.45, 2.75) is 31.9 Å². The average Bonchev–Trinajstić information content (AvgIpc) is 1.95. The molecule has 1 rings (SSSR count). The first-order valence-corrected chi connectivity index (χ1v) is 7.45. The molecule has 1 aliphatic rings. The molecule has 0 radical (unpaired) electrons. The molecular weight excluding hydrogens is 361 g/mol. The Balaban J connectivity index is 2.20. The van der Waals surface area contributed by atoms with Gasteiger partial charge in [-0.25, -0.2) is 0 Å². The molecule has 0 aromatic rings. The van der Waals surface area contributed by atoms with E-state index in [1.165, 1.54) is 27.9 Å². The normalized spacial score (nSPS) is 29.7. The van der Waals surface area contributed by atoms with E-state index in [1.54, 1.807) is 0 Å². The SMILES string of the molecule is CC1CC(B(CI)CCI)C1. The van der Waals surface area contributed by atoms with Gasteiger partial charge in [-0.3, -0.25) is 0 Å². The van der Waals surface area contributed by atoms with Gasteiger partial charge in [0.25, 0.3) is 0 Å².